The summed E-state index contributed by atoms with van der Waals surface area (Å²) >= 11 is 0. The van der Waals surface area contributed by atoms with E-state index in [4.69, 9.17) is 14.9 Å². The van der Waals surface area contributed by atoms with Gasteiger partial charge < -0.3 is 20.3 Å². The third-order valence-corrected chi connectivity index (χ3v) is 3.29. The van der Waals surface area contributed by atoms with Crippen molar-refractivity contribution >= 4 is 5.91 Å². The molecule has 0 aliphatic rings. The quantitative estimate of drug-likeness (QED) is 0.508. The van der Waals surface area contributed by atoms with E-state index in [9.17, 15) is 4.79 Å². The van der Waals surface area contributed by atoms with E-state index < -0.39 is 0 Å². The second-order valence-corrected chi connectivity index (χ2v) is 5.04. The first-order valence-electron chi connectivity index (χ1n) is 7.53. The van der Waals surface area contributed by atoms with Gasteiger partial charge in [0.15, 0.2) is 0 Å². The molecule has 1 aromatic carbocycles. The van der Waals surface area contributed by atoms with Crippen LogP contribution < -0.4 is 5.32 Å². The van der Waals surface area contributed by atoms with Gasteiger partial charge in [-0.1, -0.05) is 30.3 Å². The van der Waals surface area contributed by atoms with Gasteiger partial charge in [0.25, 0.3) is 0 Å². The molecule has 1 aromatic rings. The first-order chi connectivity index (χ1) is 10.7. The Labute approximate surface area is 131 Å². The first kappa shape index (κ1) is 18.6. The molecule has 0 spiro atoms. The number of aliphatic hydroxyl groups excluding tert-OH is 2. The van der Waals surface area contributed by atoms with Crippen molar-refractivity contribution in [2.24, 2.45) is 0 Å². The highest BCUT2D eigenvalue weighted by atomic mass is 16.5. The van der Waals surface area contributed by atoms with E-state index >= 15 is 0 Å². The number of ether oxygens (including phenoxy) is 1. The van der Waals surface area contributed by atoms with Crippen LogP contribution in [-0.2, 0) is 9.53 Å². The molecule has 0 unspecified atom stereocenters. The summed E-state index contributed by atoms with van der Waals surface area (Å²) < 4.78 is 5.34. The molecule has 1 rings (SSSR count). The summed E-state index contributed by atoms with van der Waals surface area (Å²) in [5.74, 6) is -0.160. The number of hydrogen-bond donors (Lipinski definition) is 3. The fourth-order valence-electron chi connectivity index (χ4n) is 2.08. The lowest BCUT2D eigenvalue weighted by atomic mass is 10.1. The minimum atomic E-state index is -0.160. The second kappa shape index (κ2) is 11.1. The van der Waals surface area contributed by atoms with Crippen LogP contribution in [0.5, 0.6) is 0 Å². The van der Waals surface area contributed by atoms with E-state index in [1.54, 1.807) is 0 Å². The van der Waals surface area contributed by atoms with E-state index in [-0.39, 0.29) is 31.8 Å². The van der Waals surface area contributed by atoms with Gasteiger partial charge in [0.2, 0.25) is 5.91 Å². The molecule has 0 aliphatic heterocycles. The molecule has 1 amide bonds. The Hall–Kier alpha value is -1.47. The molecule has 6 nitrogen and oxygen atoms in total. The summed E-state index contributed by atoms with van der Waals surface area (Å²) in [6, 6.07) is 9.68. The zero-order valence-corrected chi connectivity index (χ0v) is 13.1. The van der Waals surface area contributed by atoms with E-state index in [0.717, 1.165) is 5.56 Å². The maximum absolute atomic E-state index is 11.8. The van der Waals surface area contributed by atoms with E-state index in [0.29, 0.717) is 26.2 Å². The molecular weight excluding hydrogens is 284 g/mol. The van der Waals surface area contributed by atoms with Crippen molar-refractivity contribution in [2.75, 3.05) is 46.1 Å². The maximum atomic E-state index is 11.8. The highest BCUT2D eigenvalue weighted by Gasteiger charge is 2.09. The van der Waals surface area contributed by atoms with E-state index in [2.05, 4.69) is 5.32 Å². The lowest BCUT2D eigenvalue weighted by Gasteiger charge is -2.20. The molecule has 0 aliphatic carbocycles. The van der Waals surface area contributed by atoms with Crippen molar-refractivity contribution in [1.29, 1.82) is 0 Å². The third-order valence-electron chi connectivity index (χ3n) is 3.29. The smallest absolute Gasteiger partial charge is 0.246 e. The number of amides is 1. The normalized spacial score (nSPS) is 12.4. The number of nitrogens with one attached hydrogen (secondary N) is 1. The van der Waals surface area contributed by atoms with Gasteiger partial charge in [-0.2, -0.15) is 0 Å². The number of nitrogens with zero attached hydrogens (tertiary/aromatic N) is 1. The lowest BCUT2D eigenvalue weighted by molar-refractivity contribution is -0.126. The van der Waals surface area contributed by atoms with Crippen molar-refractivity contribution in [3.8, 4) is 0 Å². The van der Waals surface area contributed by atoms with Crippen LogP contribution in [-0.4, -0.2) is 67.1 Å². The minimum Gasteiger partial charge on any atom is -0.395 e. The van der Waals surface area contributed by atoms with Gasteiger partial charge in [-0.3, -0.25) is 9.69 Å². The molecule has 0 radical (unpaired) electrons. The molecule has 22 heavy (non-hydrogen) atoms. The number of aliphatic hydroxyl groups is 2. The van der Waals surface area contributed by atoms with Crippen LogP contribution in [0.3, 0.4) is 0 Å². The number of hydrogen-bond acceptors (Lipinski definition) is 5. The molecule has 0 aromatic heterocycles. The van der Waals surface area contributed by atoms with Crippen LogP contribution in [0.2, 0.25) is 0 Å². The fourth-order valence-corrected chi connectivity index (χ4v) is 2.08. The molecule has 3 N–H and O–H groups in total. The number of rotatable bonds is 11. The average molecular weight is 310 g/mol. The molecule has 0 heterocycles. The summed E-state index contributed by atoms with van der Waals surface area (Å²) in [5, 5.41) is 20.7. The Kier molecular flexibility index (Phi) is 9.41. The number of carbonyl (C=O) groups is 1. The molecular formula is C16H26N2O4. The maximum Gasteiger partial charge on any atom is 0.246 e. The second-order valence-electron chi connectivity index (χ2n) is 5.04. The molecule has 0 saturated carbocycles. The molecule has 124 valence electrons. The van der Waals surface area contributed by atoms with E-state index in [1.165, 1.54) is 0 Å². The fraction of sp³-hybridized carbons (Fsp3) is 0.562. The minimum absolute atomic E-state index is 0.00324. The predicted molar refractivity (Wildman–Crippen MR) is 84.4 cm³/mol. The van der Waals surface area contributed by atoms with Crippen LogP contribution in [0, 0.1) is 0 Å². The summed E-state index contributed by atoms with van der Waals surface area (Å²) in [7, 11) is 0. The van der Waals surface area contributed by atoms with Crippen LogP contribution in [0.1, 0.15) is 18.5 Å². The summed E-state index contributed by atoms with van der Waals surface area (Å²) in [4.78, 5) is 13.7. The van der Waals surface area contributed by atoms with Crippen LogP contribution >= 0.6 is 0 Å². The summed E-state index contributed by atoms with van der Waals surface area (Å²) in [5.41, 5.74) is 1.05. The van der Waals surface area contributed by atoms with Crippen molar-refractivity contribution in [2.45, 2.75) is 13.0 Å². The predicted octanol–water partition coefficient (Wildman–Crippen LogP) is 0.167. The Morgan fingerprint density at radius 2 is 1.82 bits per heavy atom. The largest absolute Gasteiger partial charge is 0.395 e. The highest BCUT2D eigenvalue weighted by Crippen LogP contribution is 2.10. The zero-order valence-electron chi connectivity index (χ0n) is 13.1. The molecule has 0 bridgehead atoms. The van der Waals surface area contributed by atoms with Crippen LogP contribution in [0.4, 0.5) is 0 Å². The van der Waals surface area contributed by atoms with Gasteiger partial charge in [0, 0.05) is 19.6 Å². The Morgan fingerprint density at radius 1 is 1.18 bits per heavy atom. The first-order valence-corrected chi connectivity index (χ1v) is 7.53. The van der Waals surface area contributed by atoms with Gasteiger partial charge in [-0.15, -0.1) is 0 Å². The van der Waals surface area contributed by atoms with Crippen molar-refractivity contribution in [1.82, 2.24) is 10.2 Å². The zero-order chi connectivity index (χ0) is 16.2. The Bertz CT molecular complexity index is 408. The third kappa shape index (κ3) is 7.51. The van der Waals surface area contributed by atoms with Crippen LogP contribution in [0.15, 0.2) is 30.3 Å². The van der Waals surface area contributed by atoms with Gasteiger partial charge >= 0.3 is 0 Å². The Balaban J connectivity index is 2.20. The molecule has 0 fully saturated rings. The number of benzene rings is 1. The lowest BCUT2D eigenvalue weighted by Crippen LogP contribution is -2.34. The van der Waals surface area contributed by atoms with Crippen molar-refractivity contribution in [3.05, 3.63) is 35.9 Å². The monoisotopic (exact) mass is 310 g/mol. The van der Waals surface area contributed by atoms with Gasteiger partial charge in [0.05, 0.1) is 25.9 Å². The average Bonchev–Trinajstić information content (AvgIpc) is 2.52. The Morgan fingerprint density at radius 3 is 2.41 bits per heavy atom. The SMILES string of the molecule is C[C@@H](NC(=O)COCCN(CCO)CCO)c1ccccc1. The topological polar surface area (TPSA) is 82.0 Å². The standard InChI is InChI=1S/C16H26N2O4/c1-14(15-5-3-2-4-6-15)17-16(21)13-22-12-9-18(7-10-19)8-11-20/h2-6,14,19-20H,7-13H2,1H3,(H,17,21)/t14-/m1/s1. The van der Waals surface area contributed by atoms with Gasteiger partial charge in [-0.25, -0.2) is 0 Å². The van der Waals surface area contributed by atoms with Crippen molar-refractivity contribution < 1.29 is 19.7 Å². The highest BCUT2D eigenvalue weighted by molar-refractivity contribution is 5.77. The van der Waals surface area contributed by atoms with Crippen molar-refractivity contribution in [3.63, 3.8) is 0 Å². The van der Waals surface area contributed by atoms with Gasteiger partial charge in [0.1, 0.15) is 6.61 Å². The molecule has 6 heteroatoms. The summed E-state index contributed by atoms with van der Waals surface area (Å²) in [6.07, 6.45) is 0. The van der Waals surface area contributed by atoms with Gasteiger partial charge in [-0.05, 0) is 12.5 Å². The summed E-state index contributed by atoms with van der Waals surface area (Å²) in [6.45, 7) is 3.93. The molecule has 0 saturated heterocycles. The van der Waals surface area contributed by atoms with Crippen LogP contribution in [0.25, 0.3) is 0 Å². The number of carbonyl (C=O) groups excluding carboxylic acids is 1. The van der Waals surface area contributed by atoms with E-state index in [1.807, 2.05) is 42.2 Å². The molecule has 1 atom stereocenters.